The van der Waals surface area contributed by atoms with Gasteiger partial charge in [-0.2, -0.15) is 0 Å². The molecule has 0 N–H and O–H groups in total. The summed E-state index contributed by atoms with van der Waals surface area (Å²) in [4.78, 5) is 10.7. The Hall–Kier alpha value is -0.960. The molecular formula is C10H9ClF2O. The second-order valence-corrected chi connectivity index (χ2v) is 3.38. The van der Waals surface area contributed by atoms with Crippen LogP contribution >= 0.6 is 11.6 Å². The summed E-state index contributed by atoms with van der Waals surface area (Å²) < 4.78 is 23.8. The number of hydrogen-bond donors (Lipinski definition) is 0. The number of rotatable bonds is 4. The van der Waals surface area contributed by atoms with E-state index in [-0.39, 0.29) is 6.42 Å². The molecule has 1 rings (SSSR count). The van der Waals surface area contributed by atoms with Crippen LogP contribution in [0.15, 0.2) is 30.3 Å². The van der Waals surface area contributed by atoms with E-state index in [9.17, 15) is 13.6 Å². The van der Waals surface area contributed by atoms with Crippen LogP contribution in [-0.2, 0) is 4.79 Å². The van der Waals surface area contributed by atoms with Gasteiger partial charge < -0.3 is 0 Å². The van der Waals surface area contributed by atoms with E-state index in [1.807, 2.05) is 0 Å². The Kier molecular flexibility index (Phi) is 4.01. The van der Waals surface area contributed by atoms with Crippen molar-refractivity contribution in [2.24, 2.45) is 0 Å². The monoisotopic (exact) mass is 218 g/mol. The predicted octanol–water partition coefficient (Wildman–Crippen LogP) is 3.19. The lowest BCUT2D eigenvalue weighted by molar-refractivity contribution is -0.129. The van der Waals surface area contributed by atoms with Crippen LogP contribution in [-0.4, -0.2) is 12.2 Å². The molecule has 1 atom stereocenters. The van der Waals surface area contributed by atoms with Crippen LogP contribution in [0.3, 0.4) is 0 Å². The molecule has 0 fully saturated rings. The first-order chi connectivity index (χ1) is 6.61. The number of benzene rings is 1. The van der Waals surface area contributed by atoms with Crippen molar-refractivity contribution in [1.29, 1.82) is 0 Å². The molecule has 76 valence electrons. The van der Waals surface area contributed by atoms with Crippen molar-refractivity contribution in [1.82, 2.24) is 0 Å². The zero-order chi connectivity index (χ0) is 10.6. The van der Waals surface area contributed by atoms with Crippen LogP contribution < -0.4 is 0 Å². The summed E-state index contributed by atoms with van der Waals surface area (Å²) in [6.45, 7) is 0. The van der Waals surface area contributed by atoms with Gasteiger partial charge in [0.1, 0.15) is 0 Å². The van der Waals surface area contributed by atoms with E-state index < -0.39 is 17.6 Å². The third-order valence-corrected chi connectivity index (χ3v) is 2.19. The van der Waals surface area contributed by atoms with Gasteiger partial charge in [0.25, 0.3) is 6.43 Å². The van der Waals surface area contributed by atoms with E-state index in [1.165, 1.54) is 0 Å². The Balaban J connectivity index is 2.59. The van der Waals surface area contributed by atoms with Gasteiger partial charge in [0, 0.05) is 6.42 Å². The van der Waals surface area contributed by atoms with Crippen molar-refractivity contribution in [3.63, 3.8) is 0 Å². The van der Waals surface area contributed by atoms with Gasteiger partial charge in [-0.15, -0.1) is 11.6 Å². The molecule has 0 saturated carbocycles. The van der Waals surface area contributed by atoms with E-state index >= 15 is 0 Å². The molecule has 0 spiro atoms. The maximum atomic E-state index is 11.9. The minimum Gasteiger partial charge on any atom is -0.293 e. The lowest BCUT2D eigenvalue weighted by Crippen LogP contribution is -2.11. The van der Waals surface area contributed by atoms with Crippen LogP contribution in [0.1, 0.15) is 17.4 Å². The third-order valence-electron chi connectivity index (χ3n) is 1.79. The molecule has 1 aromatic carbocycles. The van der Waals surface area contributed by atoms with E-state index in [0.29, 0.717) is 5.56 Å². The topological polar surface area (TPSA) is 17.1 Å². The molecule has 1 unspecified atom stereocenters. The zero-order valence-electron chi connectivity index (χ0n) is 7.29. The number of carbonyl (C=O) groups is 1. The molecule has 0 radical (unpaired) electrons. The lowest BCUT2D eigenvalue weighted by Gasteiger charge is -2.07. The summed E-state index contributed by atoms with van der Waals surface area (Å²) in [6.07, 6.45) is -3.26. The Morgan fingerprint density at radius 2 is 1.86 bits per heavy atom. The molecular weight excluding hydrogens is 210 g/mol. The molecule has 0 heterocycles. The molecule has 14 heavy (non-hydrogen) atoms. The average Bonchev–Trinajstić information content (AvgIpc) is 2.19. The van der Waals surface area contributed by atoms with Crippen LogP contribution in [0.5, 0.6) is 0 Å². The molecule has 1 nitrogen and oxygen atoms in total. The lowest BCUT2D eigenvalue weighted by atomic mass is 10.1. The Morgan fingerprint density at radius 3 is 2.36 bits per heavy atom. The minimum atomic E-state index is -2.93. The highest BCUT2D eigenvalue weighted by Crippen LogP contribution is 2.24. The highest BCUT2D eigenvalue weighted by molar-refractivity contribution is 6.22. The molecule has 1 aromatic rings. The fourth-order valence-corrected chi connectivity index (χ4v) is 1.34. The highest BCUT2D eigenvalue weighted by Gasteiger charge is 2.20. The van der Waals surface area contributed by atoms with Crippen molar-refractivity contribution in [3.05, 3.63) is 35.9 Å². The van der Waals surface area contributed by atoms with Gasteiger partial charge in [-0.25, -0.2) is 8.78 Å². The molecule has 4 heteroatoms. The Bertz CT molecular complexity index is 300. The maximum absolute atomic E-state index is 11.9. The van der Waals surface area contributed by atoms with Gasteiger partial charge in [0.05, 0.1) is 5.38 Å². The highest BCUT2D eigenvalue weighted by atomic mass is 35.5. The van der Waals surface area contributed by atoms with Gasteiger partial charge in [0.2, 0.25) is 5.78 Å². The molecule has 0 aliphatic carbocycles. The number of halogens is 3. The summed E-state index contributed by atoms with van der Waals surface area (Å²) in [5.74, 6) is -1.12. The van der Waals surface area contributed by atoms with Gasteiger partial charge in [-0.05, 0) is 5.56 Å². The first-order valence-electron chi connectivity index (χ1n) is 4.11. The zero-order valence-corrected chi connectivity index (χ0v) is 8.05. The number of alkyl halides is 3. The van der Waals surface area contributed by atoms with E-state index in [2.05, 4.69) is 0 Å². The largest absolute Gasteiger partial charge is 0.296 e. The van der Waals surface area contributed by atoms with Gasteiger partial charge >= 0.3 is 0 Å². The first kappa shape index (κ1) is 11.1. The smallest absolute Gasteiger partial charge is 0.293 e. The molecule has 0 aromatic heterocycles. The fraction of sp³-hybridized carbons (Fsp3) is 0.300. The summed E-state index contributed by atoms with van der Waals surface area (Å²) in [6, 6.07) is 8.70. The van der Waals surface area contributed by atoms with Crippen LogP contribution in [0.2, 0.25) is 0 Å². The summed E-state index contributed by atoms with van der Waals surface area (Å²) >= 11 is 5.79. The van der Waals surface area contributed by atoms with Crippen LogP contribution in [0.4, 0.5) is 8.78 Å². The fourth-order valence-electron chi connectivity index (χ4n) is 1.05. The third kappa shape index (κ3) is 3.07. The molecule has 0 aliphatic rings. The van der Waals surface area contributed by atoms with Crippen LogP contribution in [0.25, 0.3) is 0 Å². The molecule has 0 amide bonds. The minimum absolute atomic E-state index is 0.330. The van der Waals surface area contributed by atoms with Gasteiger partial charge in [-0.1, -0.05) is 30.3 Å². The van der Waals surface area contributed by atoms with E-state index in [1.54, 1.807) is 30.3 Å². The molecule has 0 bridgehead atoms. The second-order valence-electron chi connectivity index (χ2n) is 2.85. The van der Waals surface area contributed by atoms with E-state index in [0.717, 1.165) is 0 Å². The van der Waals surface area contributed by atoms with E-state index in [4.69, 9.17) is 11.6 Å². The number of ketones is 1. The molecule has 0 saturated heterocycles. The number of Topliss-reactive ketones (excluding diaryl/α,β-unsaturated/α-hetero) is 1. The number of carbonyl (C=O) groups excluding carboxylic acids is 1. The van der Waals surface area contributed by atoms with Gasteiger partial charge in [-0.3, -0.25) is 4.79 Å². The van der Waals surface area contributed by atoms with Crippen LogP contribution in [0, 0.1) is 0 Å². The van der Waals surface area contributed by atoms with Crippen molar-refractivity contribution >= 4 is 17.4 Å². The Labute approximate surface area is 85.7 Å². The van der Waals surface area contributed by atoms with Crippen molar-refractivity contribution < 1.29 is 13.6 Å². The quantitative estimate of drug-likeness (QED) is 0.710. The average molecular weight is 219 g/mol. The maximum Gasteiger partial charge on any atom is 0.296 e. The number of hydrogen-bond acceptors (Lipinski definition) is 1. The summed E-state index contributed by atoms with van der Waals surface area (Å²) in [7, 11) is 0. The normalized spacial score (nSPS) is 12.9. The van der Waals surface area contributed by atoms with Crippen molar-refractivity contribution in [2.45, 2.75) is 18.2 Å². The predicted molar refractivity (Wildman–Crippen MR) is 50.7 cm³/mol. The summed E-state index contributed by atoms with van der Waals surface area (Å²) in [5, 5.41) is -0.669. The van der Waals surface area contributed by atoms with Crippen molar-refractivity contribution in [2.75, 3.05) is 0 Å². The van der Waals surface area contributed by atoms with Gasteiger partial charge in [0.15, 0.2) is 0 Å². The Morgan fingerprint density at radius 1 is 1.29 bits per heavy atom. The molecule has 0 aliphatic heterocycles. The standard InChI is InChI=1S/C10H9ClF2O/c11-8(6-9(14)10(12)13)7-4-2-1-3-5-7/h1-5,8,10H,6H2. The summed E-state index contributed by atoms with van der Waals surface area (Å²) in [5.41, 5.74) is 0.683. The first-order valence-corrected chi connectivity index (χ1v) is 4.55. The second kappa shape index (κ2) is 5.05. The SMILES string of the molecule is O=C(CC(Cl)c1ccccc1)C(F)F. The van der Waals surface area contributed by atoms with Crippen molar-refractivity contribution in [3.8, 4) is 0 Å².